The van der Waals surface area contributed by atoms with Crippen molar-refractivity contribution in [3.8, 4) is 0 Å². The topological polar surface area (TPSA) is 30.7 Å². The number of aryl methyl sites for hydroxylation is 2. The van der Waals surface area contributed by atoms with Gasteiger partial charge < -0.3 is 0 Å². The Hall–Kier alpha value is -2.42. The van der Waals surface area contributed by atoms with Gasteiger partial charge in [0.25, 0.3) is 0 Å². The predicted molar refractivity (Wildman–Crippen MR) is 93.6 cm³/mol. The SMILES string of the molecule is Cc1ccc(CC(C)c2cn(Cc3ccccc3)nn2)c(C)c1. The van der Waals surface area contributed by atoms with Crippen molar-refractivity contribution in [3.63, 3.8) is 0 Å². The molecule has 0 bridgehead atoms. The summed E-state index contributed by atoms with van der Waals surface area (Å²) in [6, 6.07) is 17.0. The van der Waals surface area contributed by atoms with Gasteiger partial charge in [0.05, 0.1) is 12.2 Å². The molecule has 0 N–H and O–H groups in total. The van der Waals surface area contributed by atoms with Gasteiger partial charge >= 0.3 is 0 Å². The van der Waals surface area contributed by atoms with Crippen molar-refractivity contribution in [3.05, 3.63) is 82.7 Å². The molecular formula is C20H23N3. The summed E-state index contributed by atoms with van der Waals surface area (Å²) in [5.74, 6) is 0.362. The molecule has 0 aliphatic heterocycles. The second-order valence-corrected chi connectivity index (χ2v) is 6.36. The fraction of sp³-hybridized carbons (Fsp3) is 0.300. The summed E-state index contributed by atoms with van der Waals surface area (Å²) in [6.07, 6.45) is 3.07. The second kappa shape index (κ2) is 6.78. The van der Waals surface area contributed by atoms with Gasteiger partial charge in [-0.3, -0.25) is 0 Å². The summed E-state index contributed by atoms with van der Waals surface area (Å²) in [5, 5.41) is 8.65. The standard InChI is InChI=1S/C20H23N3/c1-15-9-10-19(16(2)11-15)12-17(3)20-14-23(22-21-20)13-18-7-5-4-6-8-18/h4-11,14,17H,12-13H2,1-3H3. The Morgan fingerprint density at radius 1 is 1.04 bits per heavy atom. The molecule has 118 valence electrons. The molecule has 3 rings (SSSR count). The Bertz CT molecular complexity index is 775. The lowest BCUT2D eigenvalue weighted by Crippen LogP contribution is -2.01. The first-order valence-electron chi connectivity index (χ1n) is 8.12. The van der Waals surface area contributed by atoms with E-state index in [4.69, 9.17) is 0 Å². The van der Waals surface area contributed by atoms with E-state index in [0.717, 1.165) is 18.7 Å². The molecule has 3 aromatic rings. The number of nitrogens with zero attached hydrogens (tertiary/aromatic N) is 3. The van der Waals surface area contributed by atoms with Crippen LogP contribution in [-0.4, -0.2) is 15.0 Å². The van der Waals surface area contributed by atoms with Crippen molar-refractivity contribution in [1.82, 2.24) is 15.0 Å². The maximum atomic E-state index is 4.37. The smallest absolute Gasteiger partial charge is 0.0858 e. The van der Waals surface area contributed by atoms with E-state index in [9.17, 15) is 0 Å². The molecule has 1 heterocycles. The molecule has 1 aromatic heterocycles. The van der Waals surface area contributed by atoms with Crippen molar-refractivity contribution in [2.75, 3.05) is 0 Å². The van der Waals surface area contributed by atoms with Crippen molar-refractivity contribution in [2.24, 2.45) is 0 Å². The summed E-state index contributed by atoms with van der Waals surface area (Å²) in [5.41, 5.74) is 6.36. The van der Waals surface area contributed by atoms with Gasteiger partial charge in [-0.15, -0.1) is 5.10 Å². The second-order valence-electron chi connectivity index (χ2n) is 6.36. The Labute approximate surface area is 138 Å². The van der Waals surface area contributed by atoms with Crippen LogP contribution in [0.25, 0.3) is 0 Å². The van der Waals surface area contributed by atoms with Gasteiger partial charge in [-0.25, -0.2) is 4.68 Å². The predicted octanol–water partition coefficient (Wildman–Crippen LogP) is 4.29. The van der Waals surface area contributed by atoms with Gasteiger partial charge in [0.1, 0.15) is 0 Å². The minimum Gasteiger partial charge on any atom is -0.248 e. The first kappa shape index (κ1) is 15.5. The van der Waals surface area contributed by atoms with Gasteiger partial charge in [0, 0.05) is 12.1 Å². The van der Waals surface area contributed by atoms with E-state index >= 15 is 0 Å². The van der Waals surface area contributed by atoms with Crippen LogP contribution in [0.1, 0.15) is 40.8 Å². The summed E-state index contributed by atoms with van der Waals surface area (Å²) in [6.45, 7) is 7.30. The van der Waals surface area contributed by atoms with Crippen LogP contribution in [0.3, 0.4) is 0 Å². The molecule has 0 amide bonds. The molecule has 1 unspecified atom stereocenters. The molecule has 3 heteroatoms. The van der Waals surface area contributed by atoms with Gasteiger partial charge in [-0.05, 0) is 37.0 Å². The van der Waals surface area contributed by atoms with E-state index in [1.807, 2.05) is 10.7 Å². The first-order valence-corrected chi connectivity index (χ1v) is 8.12. The first-order chi connectivity index (χ1) is 11.1. The van der Waals surface area contributed by atoms with E-state index in [0.29, 0.717) is 5.92 Å². The van der Waals surface area contributed by atoms with Crippen molar-refractivity contribution >= 4 is 0 Å². The zero-order valence-corrected chi connectivity index (χ0v) is 14.0. The van der Waals surface area contributed by atoms with Crippen LogP contribution in [0.5, 0.6) is 0 Å². The van der Waals surface area contributed by atoms with Crippen LogP contribution in [0.15, 0.2) is 54.7 Å². The average Bonchev–Trinajstić information content (AvgIpc) is 3.00. The molecule has 0 fully saturated rings. The lowest BCUT2D eigenvalue weighted by molar-refractivity contribution is 0.647. The zero-order chi connectivity index (χ0) is 16.2. The number of rotatable bonds is 5. The minimum atomic E-state index is 0.362. The highest BCUT2D eigenvalue weighted by molar-refractivity contribution is 5.31. The summed E-state index contributed by atoms with van der Waals surface area (Å²) in [4.78, 5) is 0. The largest absolute Gasteiger partial charge is 0.248 e. The summed E-state index contributed by atoms with van der Waals surface area (Å²) in [7, 11) is 0. The Balaban J connectivity index is 1.69. The molecule has 0 spiro atoms. The van der Waals surface area contributed by atoms with E-state index in [2.05, 4.69) is 79.7 Å². The fourth-order valence-electron chi connectivity index (χ4n) is 2.90. The summed E-state index contributed by atoms with van der Waals surface area (Å²) >= 11 is 0. The molecule has 2 aromatic carbocycles. The van der Waals surface area contributed by atoms with E-state index in [-0.39, 0.29) is 0 Å². The molecule has 0 radical (unpaired) electrons. The third kappa shape index (κ3) is 3.86. The Kier molecular flexibility index (Phi) is 4.56. The van der Waals surface area contributed by atoms with Gasteiger partial charge in [-0.1, -0.05) is 66.2 Å². The Morgan fingerprint density at radius 3 is 2.57 bits per heavy atom. The normalized spacial score (nSPS) is 12.3. The third-order valence-electron chi connectivity index (χ3n) is 4.27. The quantitative estimate of drug-likeness (QED) is 0.704. The van der Waals surface area contributed by atoms with Gasteiger partial charge in [-0.2, -0.15) is 0 Å². The van der Waals surface area contributed by atoms with Crippen LogP contribution in [0, 0.1) is 13.8 Å². The Morgan fingerprint density at radius 2 is 1.83 bits per heavy atom. The lowest BCUT2D eigenvalue weighted by atomic mass is 9.94. The van der Waals surface area contributed by atoms with Crippen LogP contribution in [0.4, 0.5) is 0 Å². The molecule has 0 aliphatic carbocycles. The maximum absolute atomic E-state index is 4.37. The highest BCUT2D eigenvalue weighted by atomic mass is 15.4. The lowest BCUT2D eigenvalue weighted by Gasteiger charge is -2.11. The zero-order valence-electron chi connectivity index (χ0n) is 14.0. The molecule has 0 saturated heterocycles. The van der Waals surface area contributed by atoms with Gasteiger partial charge in [0.15, 0.2) is 0 Å². The number of hydrogen-bond acceptors (Lipinski definition) is 2. The van der Waals surface area contributed by atoms with Gasteiger partial charge in [0.2, 0.25) is 0 Å². The number of benzene rings is 2. The van der Waals surface area contributed by atoms with Crippen molar-refractivity contribution in [1.29, 1.82) is 0 Å². The molecular weight excluding hydrogens is 282 g/mol. The summed E-state index contributed by atoms with van der Waals surface area (Å²) < 4.78 is 1.92. The van der Waals surface area contributed by atoms with Crippen LogP contribution >= 0.6 is 0 Å². The van der Waals surface area contributed by atoms with Crippen LogP contribution < -0.4 is 0 Å². The average molecular weight is 305 g/mol. The molecule has 0 saturated carbocycles. The monoisotopic (exact) mass is 305 g/mol. The number of hydrogen-bond donors (Lipinski definition) is 0. The molecule has 1 atom stereocenters. The van der Waals surface area contributed by atoms with Crippen LogP contribution in [0.2, 0.25) is 0 Å². The van der Waals surface area contributed by atoms with Crippen LogP contribution in [-0.2, 0) is 13.0 Å². The molecule has 0 aliphatic rings. The van der Waals surface area contributed by atoms with E-state index in [1.165, 1.54) is 22.3 Å². The molecule has 23 heavy (non-hydrogen) atoms. The van der Waals surface area contributed by atoms with Crippen molar-refractivity contribution in [2.45, 2.75) is 39.7 Å². The van der Waals surface area contributed by atoms with E-state index in [1.54, 1.807) is 0 Å². The van der Waals surface area contributed by atoms with Crippen molar-refractivity contribution < 1.29 is 0 Å². The minimum absolute atomic E-state index is 0.362. The fourth-order valence-corrected chi connectivity index (χ4v) is 2.90. The maximum Gasteiger partial charge on any atom is 0.0858 e. The molecule has 3 nitrogen and oxygen atoms in total. The number of aromatic nitrogens is 3. The highest BCUT2D eigenvalue weighted by Gasteiger charge is 2.12. The third-order valence-corrected chi connectivity index (χ3v) is 4.27. The highest BCUT2D eigenvalue weighted by Crippen LogP contribution is 2.21. The van der Waals surface area contributed by atoms with E-state index < -0.39 is 0 Å².